The van der Waals surface area contributed by atoms with Crippen LogP contribution in [0.1, 0.15) is 64.3 Å². The monoisotopic (exact) mass is 410 g/mol. The third-order valence-electron chi connectivity index (χ3n) is 5.74. The van der Waals surface area contributed by atoms with Gasteiger partial charge in [0.05, 0.1) is 22.9 Å². The van der Waals surface area contributed by atoms with Crippen molar-refractivity contribution in [2.24, 2.45) is 0 Å². The first-order valence-electron chi connectivity index (χ1n) is 11.2. The van der Waals surface area contributed by atoms with Crippen molar-refractivity contribution in [1.29, 1.82) is 0 Å². The molecule has 156 valence electrons. The van der Waals surface area contributed by atoms with Gasteiger partial charge in [-0.1, -0.05) is 12.1 Å². The smallest absolute Gasteiger partial charge is 0.433 e. The van der Waals surface area contributed by atoms with Gasteiger partial charge in [0.1, 0.15) is 18.0 Å². The molecule has 1 saturated carbocycles. The lowest BCUT2D eigenvalue weighted by Crippen LogP contribution is -2.35. The van der Waals surface area contributed by atoms with Gasteiger partial charge in [0.2, 0.25) is 5.91 Å². The highest BCUT2D eigenvalue weighted by Crippen LogP contribution is 2.42. The van der Waals surface area contributed by atoms with Crippen LogP contribution in [0.15, 0.2) is 24.3 Å². The van der Waals surface area contributed by atoms with Crippen LogP contribution >= 0.6 is 0 Å². The Bertz CT molecular complexity index is 1020. The van der Waals surface area contributed by atoms with Gasteiger partial charge in [0, 0.05) is 12.5 Å². The van der Waals surface area contributed by atoms with Gasteiger partial charge in [0.25, 0.3) is 0 Å². The van der Waals surface area contributed by atoms with Crippen molar-refractivity contribution in [3.8, 4) is 5.75 Å². The molecule has 0 bridgehead atoms. The first-order valence-corrected chi connectivity index (χ1v) is 9.67. The summed E-state index contributed by atoms with van der Waals surface area (Å²) in [7, 11) is -2.61. The van der Waals surface area contributed by atoms with E-state index < -0.39 is 31.4 Å². The van der Waals surface area contributed by atoms with Crippen LogP contribution in [0.4, 0.5) is 13.2 Å². The number of alkyl halides is 3. The SMILES string of the molecule is [2H]C([2H])([2H])Oc1cccc([C@H]2CCCN2C(=O)Cn2nc(C3CC3)cc2C(F)(F)F)c1C. The molecule has 1 saturated heterocycles. The lowest BCUT2D eigenvalue weighted by atomic mass is 9.98. The van der Waals surface area contributed by atoms with Crippen molar-refractivity contribution < 1.29 is 26.8 Å². The zero-order valence-corrected chi connectivity index (χ0v) is 16.0. The van der Waals surface area contributed by atoms with E-state index in [0.717, 1.165) is 29.2 Å². The maximum atomic E-state index is 13.5. The highest BCUT2D eigenvalue weighted by molar-refractivity contribution is 5.77. The summed E-state index contributed by atoms with van der Waals surface area (Å²) in [6.45, 7) is 1.63. The Morgan fingerprint density at radius 2 is 2.14 bits per heavy atom. The molecule has 4 rings (SSSR count). The molecule has 0 spiro atoms. The van der Waals surface area contributed by atoms with E-state index in [1.165, 1.54) is 0 Å². The largest absolute Gasteiger partial charge is 0.496 e. The molecular formula is C21H24F3N3O2. The Labute approximate surface area is 171 Å². The number of methoxy groups -OCH3 is 1. The fourth-order valence-corrected chi connectivity index (χ4v) is 4.07. The molecule has 1 aliphatic carbocycles. The standard InChI is InChI=1S/C21H24F3N3O2/c1-13-15(5-3-7-18(13)29-2)17-6-4-10-26(17)20(28)12-27-19(21(22,23)24)11-16(25-27)14-8-9-14/h3,5,7,11,14,17H,4,6,8-10,12H2,1-2H3/t17-/m1/s1/i2D3. The minimum atomic E-state index is -4.59. The third kappa shape index (κ3) is 3.84. The maximum Gasteiger partial charge on any atom is 0.433 e. The van der Waals surface area contributed by atoms with E-state index in [2.05, 4.69) is 5.10 Å². The summed E-state index contributed by atoms with van der Waals surface area (Å²) < 4.78 is 68.3. The lowest BCUT2D eigenvalue weighted by Gasteiger charge is -2.27. The Kier molecular flexibility index (Phi) is 4.15. The molecule has 1 atom stereocenters. The zero-order chi connectivity index (χ0) is 23.3. The van der Waals surface area contributed by atoms with E-state index in [1.54, 1.807) is 30.0 Å². The molecule has 2 aliphatic rings. The average molecular weight is 410 g/mol. The van der Waals surface area contributed by atoms with Crippen molar-refractivity contribution >= 4 is 5.91 Å². The number of amides is 1. The fraction of sp³-hybridized carbons (Fsp3) is 0.524. The average Bonchev–Trinajstić information content (AvgIpc) is 3.24. The molecule has 29 heavy (non-hydrogen) atoms. The number of nitrogens with zero attached hydrogens (tertiary/aromatic N) is 3. The number of aromatic nitrogens is 2. The van der Waals surface area contributed by atoms with Crippen molar-refractivity contribution in [2.45, 2.75) is 57.3 Å². The van der Waals surface area contributed by atoms with Gasteiger partial charge in [-0.2, -0.15) is 18.3 Å². The van der Waals surface area contributed by atoms with E-state index in [-0.39, 0.29) is 17.7 Å². The van der Waals surface area contributed by atoms with Crippen LogP contribution in [0.25, 0.3) is 0 Å². The van der Waals surface area contributed by atoms with Crippen LogP contribution in [0.5, 0.6) is 5.75 Å². The lowest BCUT2D eigenvalue weighted by molar-refractivity contribution is -0.146. The van der Waals surface area contributed by atoms with Gasteiger partial charge in [-0.05, 0) is 55.9 Å². The molecule has 0 unspecified atom stereocenters. The minimum absolute atomic E-state index is 0.0376. The van der Waals surface area contributed by atoms with Gasteiger partial charge < -0.3 is 9.64 Å². The number of benzene rings is 1. The topological polar surface area (TPSA) is 47.4 Å². The summed E-state index contributed by atoms with van der Waals surface area (Å²) in [5, 5.41) is 4.09. The first-order chi connectivity index (χ1) is 14.9. The third-order valence-corrected chi connectivity index (χ3v) is 5.74. The van der Waals surface area contributed by atoms with E-state index in [9.17, 15) is 18.0 Å². The van der Waals surface area contributed by atoms with Crippen LogP contribution < -0.4 is 4.74 Å². The molecule has 1 aromatic carbocycles. The highest BCUT2D eigenvalue weighted by Gasteiger charge is 2.39. The molecular weight excluding hydrogens is 383 g/mol. The number of ether oxygens (including phenoxy) is 1. The molecule has 2 aromatic rings. The maximum absolute atomic E-state index is 13.5. The molecule has 2 fully saturated rings. The van der Waals surface area contributed by atoms with Gasteiger partial charge in [-0.3, -0.25) is 9.48 Å². The molecule has 1 aromatic heterocycles. The van der Waals surface area contributed by atoms with E-state index in [0.29, 0.717) is 30.6 Å². The Balaban J connectivity index is 1.57. The summed E-state index contributed by atoms with van der Waals surface area (Å²) in [6.07, 6.45) is -1.65. The van der Waals surface area contributed by atoms with Crippen molar-refractivity contribution in [1.82, 2.24) is 14.7 Å². The number of hydrogen-bond acceptors (Lipinski definition) is 3. The van der Waals surface area contributed by atoms with Gasteiger partial charge in [-0.15, -0.1) is 0 Å². The molecule has 1 aliphatic heterocycles. The second kappa shape index (κ2) is 7.39. The first kappa shape index (κ1) is 16.3. The molecule has 2 heterocycles. The molecule has 0 radical (unpaired) electrons. The van der Waals surface area contributed by atoms with E-state index in [1.807, 2.05) is 0 Å². The van der Waals surface area contributed by atoms with Crippen LogP contribution in [-0.4, -0.2) is 34.2 Å². The predicted octanol–water partition coefficient (Wildman–Crippen LogP) is 4.46. The number of carbonyl (C=O) groups is 1. The number of rotatable bonds is 5. The minimum Gasteiger partial charge on any atom is -0.496 e. The Morgan fingerprint density at radius 3 is 2.83 bits per heavy atom. The van der Waals surface area contributed by atoms with Gasteiger partial charge in [-0.25, -0.2) is 0 Å². The van der Waals surface area contributed by atoms with Gasteiger partial charge >= 0.3 is 6.18 Å². The van der Waals surface area contributed by atoms with Crippen molar-refractivity contribution in [2.75, 3.05) is 13.6 Å². The number of likely N-dealkylation sites (tertiary alicyclic amines) is 1. The summed E-state index contributed by atoms with van der Waals surface area (Å²) >= 11 is 0. The molecule has 0 N–H and O–H groups in total. The Morgan fingerprint density at radius 1 is 1.34 bits per heavy atom. The van der Waals surface area contributed by atoms with Crippen LogP contribution in [0.2, 0.25) is 0 Å². The summed E-state index contributed by atoms with van der Waals surface area (Å²) in [5.74, 6) is -0.220. The van der Waals surface area contributed by atoms with Crippen molar-refractivity contribution in [3.63, 3.8) is 0 Å². The quantitative estimate of drug-likeness (QED) is 0.731. The second-order valence-electron chi connectivity index (χ2n) is 7.70. The fourth-order valence-electron chi connectivity index (χ4n) is 4.07. The van der Waals surface area contributed by atoms with Crippen molar-refractivity contribution in [3.05, 3.63) is 46.8 Å². The summed E-state index contributed by atoms with van der Waals surface area (Å²) in [5.41, 5.74) is 0.799. The highest BCUT2D eigenvalue weighted by atomic mass is 19.4. The van der Waals surface area contributed by atoms with Crippen LogP contribution in [0, 0.1) is 6.92 Å². The van der Waals surface area contributed by atoms with Crippen LogP contribution in [0.3, 0.4) is 0 Å². The second-order valence-corrected chi connectivity index (χ2v) is 7.70. The molecule has 5 nitrogen and oxygen atoms in total. The van der Waals surface area contributed by atoms with Crippen LogP contribution in [-0.2, 0) is 17.5 Å². The number of hydrogen-bond donors (Lipinski definition) is 0. The number of carbonyl (C=O) groups excluding carboxylic acids is 1. The predicted molar refractivity (Wildman–Crippen MR) is 101 cm³/mol. The normalized spacial score (nSPS) is 21.6. The summed E-state index contributed by atoms with van der Waals surface area (Å²) in [6, 6.07) is 5.67. The number of halogens is 3. The summed E-state index contributed by atoms with van der Waals surface area (Å²) in [4.78, 5) is 14.6. The van der Waals surface area contributed by atoms with Gasteiger partial charge in [0.15, 0.2) is 0 Å². The molecule has 1 amide bonds. The van der Waals surface area contributed by atoms with E-state index in [4.69, 9.17) is 8.85 Å². The molecule has 8 heteroatoms. The Hall–Kier alpha value is -2.51. The van der Waals surface area contributed by atoms with E-state index >= 15 is 0 Å². The zero-order valence-electron chi connectivity index (χ0n) is 19.0.